The van der Waals surface area contributed by atoms with E-state index in [-0.39, 0.29) is 0 Å². The molecule has 1 fully saturated rings. The number of rotatable bonds is 4. The van der Waals surface area contributed by atoms with Gasteiger partial charge in [0.05, 0.1) is 0 Å². The number of carbonyl (C=O) groups is 1. The quantitative estimate of drug-likeness (QED) is 0.613. The maximum Gasteiger partial charge on any atom is 0.211 e. The minimum absolute atomic E-state index is 0.315. The van der Waals surface area contributed by atoms with Crippen LogP contribution in [0.3, 0.4) is 0 Å². The lowest BCUT2D eigenvalue weighted by molar-refractivity contribution is 0.102. The predicted octanol–water partition coefficient (Wildman–Crippen LogP) is 3.95. The minimum Gasteiger partial charge on any atom is -0.289 e. The van der Waals surface area contributed by atoms with Crippen LogP contribution in [0.1, 0.15) is 23.2 Å². The first kappa shape index (κ1) is 13.4. The van der Waals surface area contributed by atoms with Crippen molar-refractivity contribution >= 4 is 16.7 Å². The molecule has 102 valence electrons. The summed E-state index contributed by atoms with van der Waals surface area (Å²) in [5, 5.41) is 0. The molecule has 0 unspecified atom stereocenters. The van der Waals surface area contributed by atoms with Gasteiger partial charge >= 0.3 is 0 Å². The third-order valence-corrected chi connectivity index (χ3v) is 6.17. The van der Waals surface area contributed by atoms with Crippen molar-refractivity contribution in [2.45, 2.75) is 12.8 Å². The highest BCUT2D eigenvalue weighted by Gasteiger charge is 2.27. The normalized spacial score (nSPS) is 15.4. The van der Waals surface area contributed by atoms with Crippen molar-refractivity contribution in [3.05, 3.63) is 60.2 Å². The highest BCUT2D eigenvalue weighted by Crippen LogP contribution is 2.20. The SMILES string of the molecule is O=C(C[S+]1CCCC1)c1ccc(-c2ccccc2)cc1. The molecule has 2 aromatic carbocycles. The van der Waals surface area contributed by atoms with Crippen molar-refractivity contribution in [3.8, 4) is 11.1 Å². The lowest BCUT2D eigenvalue weighted by atomic mass is 10.0. The second kappa shape index (κ2) is 6.27. The van der Waals surface area contributed by atoms with E-state index in [0.29, 0.717) is 16.7 Å². The highest BCUT2D eigenvalue weighted by atomic mass is 32.2. The number of Topliss-reactive ketones (excluding diaryl/α,β-unsaturated/α-hetero) is 1. The number of hydrogen-bond acceptors (Lipinski definition) is 1. The smallest absolute Gasteiger partial charge is 0.211 e. The van der Waals surface area contributed by atoms with Gasteiger partial charge in [-0.15, -0.1) is 0 Å². The Morgan fingerprint density at radius 2 is 1.45 bits per heavy atom. The summed E-state index contributed by atoms with van der Waals surface area (Å²) in [6, 6.07) is 18.3. The summed E-state index contributed by atoms with van der Waals surface area (Å²) in [5.74, 6) is 3.58. The van der Waals surface area contributed by atoms with Crippen molar-refractivity contribution in [1.82, 2.24) is 0 Å². The van der Waals surface area contributed by atoms with Gasteiger partial charge in [0.2, 0.25) is 5.78 Å². The predicted molar refractivity (Wildman–Crippen MR) is 87.4 cm³/mol. The van der Waals surface area contributed by atoms with E-state index in [1.54, 1.807) is 0 Å². The molecule has 3 rings (SSSR count). The lowest BCUT2D eigenvalue weighted by Crippen LogP contribution is -2.17. The number of benzene rings is 2. The Kier molecular flexibility index (Phi) is 4.22. The fourth-order valence-corrected chi connectivity index (χ4v) is 4.86. The summed E-state index contributed by atoms with van der Waals surface area (Å²) in [6.07, 6.45) is 2.62. The number of hydrogen-bond donors (Lipinski definition) is 0. The summed E-state index contributed by atoms with van der Waals surface area (Å²) >= 11 is 0. The molecule has 1 saturated heterocycles. The van der Waals surface area contributed by atoms with E-state index in [1.165, 1.54) is 35.5 Å². The van der Waals surface area contributed by atoms with Gasteiger partial charge in [0.15, 0.2) is 5.75 Å². The second-order valence-corrected chi connectivity index (χ2v) is 7.57. The fourth-order valence-electron chi connectivity index (χ4n) is 2.61. The molecule has 1 heterocycles. The minimum atomic E-state index is 0.315. The topological polar surface area (TPSA) is 17.1 Å². The maximum atomic E-state index is 12.3. The molecule has 0 spiro atoms. The fraction of sp³-hybridized carbons (Fsp3) is 0.278. The monoisotopic (exact) mass is 283 g/mol. The van der Waals surface area contributed by atoms with Crippen LogP contribution in [0.15, 0.2) is 54.6 Å². The molecule has 2 aromatic rings. The molecule has 0 radical (unpaired) electrons. The van der Waals surface area contributed by atoms with Crippen LogP contribution in [0, 0.1) is 0 Å². The molecule has 1 aliphatic heterocycles. The zero-order chi connectivity index (χ0) is 13.8. The van der Waals surface area contributed by atoms with Gasteiger partial charge in [-0.3, -0.25) is 4.79 Å². The third kappa shape index (κ3) is 3.13. The van der Waals surface area contributed by atoms with Gasteiger partial charge in [-0.1, -0.05) is 54.6 Å². The molecule has 1 aliphatic rings. The Bertz CT molecular complexity index is 568. The highest BCUT2D eigenvalue weighted by molar-refractivity contribution is 7.97. The average Bonchev–Trinajstić information content (AvgIpc) is 3.01. The molecular formula is C18H19OS+. The summed E-state index contributed by atoms with van der Waals surface area (Å²) in [4.78, 5) is 12.3. The van der Waals surface area contributed by atoms with Gasteiger partial charge in [-0.2, -0.15) is 0 Å². The molecule has 0 N–H and O–H groups in total. The molecule has 0 bridgehead atoms. The Hall–Kier alpha value is -1.54. The van der Waals surface area contributed by atoms with Gasteiger partial charge in [-0.25, -0.2) is 0 Å². The Morgan fingerprint density at radius 3 is 2.10 bits per heavy atom. The van der Waals surface area contributed by atoms with Crippen molar-refractivity contribution in [3.63, 3.8) is 0 Å². The zero-order valence-corrected chi connectivity index (χ0v) is 12.4. The first-order valence-corrected chi connectivity index (χ1v) is 8.89. The Labute approximate surface area is 123 Å². The molecule has 0 aliphatic carbocycles. The van der Waals surface area contributed by atoms with E-state index in [1.807, 2.05) is 30.3 Å². The third-order valence-electron chi connectivity index (χ3n) is 3.77. The van der Waals surface area contributed by atoms with Crippen molar-refractivity contribution in [1.29, 1.82) is 0 Å². The molecule has 0 saturated carbocycles. The van der Waals surface area contributed by atoms with Crippen molar-refractivity contribution in [2.75, 3.05) is 17.3 Å². The van der Waals surface area contributed by atoms with Crippen molar-refractivity contribution < 1.29 is 4.79 Å². The molecule has 1 nitrogen and oxygen atoms in total. The van der Waals surface area contributed by atoms with Crippen LogP contribution in [0.4, 0.5) is 0 Å². The molecule has 0 aromatic heterocycles. The number of ketones is 1. The van der Waals surface area contributed by atoms with Crippen LogP contribution in [-0.4, -0.2) is 23.0 Å². The van der Waals surface area contributed by atoms with Crippen LogP contribution < -0.4 is 0 Å². The average molecular weight is 283 g/mol. The van der Waals surface area contributed by atoms with E-state index in [9.17, 15) is 4.79 Å². The summed E-state index contributed by atoms with van der Waals surface area (Å²) < 4.78 is 0. The van der Waals surface area contributed by atoms with Gasteiger partial charge in [0.1, 0.15) is 11.5 Å². The summed E-state index contributed by atoms with van der Waals surface area (Å²) in [5.41, 5.74) is 3.23. The molecule has 0 atom stereocenters. The molecule has 0 amide bonds. The second-order valence-electron chi connectivity index (χ2n) is 5.24. The van der Waals surface area contributed by atoms with E-state index >= 15 is 0 Å². The van der Waals surface area contributed by atoms with E-state index in [4.69, 9.17) is 0 Å². The van der Waals surface area contributed by atoms with Crippen LogP contribution >= 0.6 is 0 Å². The first-order valence-electron chi connectivity index (χ1n) is 7.16. The Balaban J connectivity index is 1.71. The van der Waals surface area contributed by atoms with Gasteiger partial charge < -0.3 is 0 Å². The van der Waals surface area contributed by atoms with Gasteiger partial charge in [-0.05, 0) is 34.9 Å². The number of carbonyl (C=O) groups excluding carboxylic acids is 1. The first-order chi connectivity index (χ1) is 9.83. The maximum absolute atomic E-state index is 12.3. The summed E-state index contributed by atoms with van der Waals surface area (Å²) in [6.45, 7) is 0. The Morgan fingerprint density at radius 1 is 0.850 bits per heavy atom. The lowest BCUT2D eigenvalue weighted by Gasteiger charge is -2.04. The van der Waals surface area contributed by atoms with E-state index in [0.717, 1.165) is 11.3 Å². The molecule has 2 heteroatoms. The standard InChI is InChI=1S/C18H19OS/c19-18(14-20-12-4-5-13-20)17-10-8-16(9-11-17)15-6-2-1-3-7-15/h1-3,6-11H,4-5,12-14H2/q+1. The zero-order valence-electron chi connectivity index (χ0n) is 11.5. The van der Waals surface area contributed by atoms with Crippen LogP contribution in [0.2, 0.25) is 0 Å². The molecule has 20 heavy (non-hydrogen) atoms. The summed E-state index contributed by atoms with van der Waals surface area (Å²) in [7, 11) is 0.351. The van der Waals surface area contributed by atoms with Gasteiger partial charge in [0, 0.05) is 5.56 Å². The van der Waals surface area contributed by atoms with E-state index < -0.39 is 0 Å². The molecular weight excluding hydrogens is 264 g/mol. The van der Waals surface area contributed by atoms with E-state index in [2.05, 4.69) is 24.3 Å². The van der Waals surface area contributed by atoms with Crippen molar-refractivity contribution in [2.24, 2.45) is 0 Å². The van der Waals surface area contributed by atoms with Crippen LogP contribution in [0.5, 0.6) is 0 Å². The largest absolute Gasteiger partial charge is 0.289 e. The van der Waals surface area contributed by atoms with Gasteiger partial charge in [0.25, 0.3) is 0 Å². The van der Waals surface area contributed by atoms with Crippen LogP contribution in [-0.2, 0) is 10.9 Å². The van der Waals surface area contributed by atoms with Crippen LogP contribution in [0.25, 0.3) is 11.1 Å².